The van der Waals surface area contributed by atoms with Gasteiger partial charge in [0.15, 0.2) is 0 Å². The minimum Gasteiger partial charge on any atom is -0.330 e. The smallest absolute Gasteiger partial charge is 0.273 e. The first-order valence-electron chi connectivity index (χ1n) is 7.74. The molecule has 4 nitrogen and oxygen atoms in total. The zero-order chi connectivity index (χ0) is 15.5. The van der Waals surface area contributed by atoms with E-state index in [-0.39, 0.29) is 5.91 Å². The molecule has 1 saturated carbocycles. The van der Waals surface area contributed by atoms with Gasteiger partial charge in [0.1, 0.15) is 10.7 Å². The van der Waals surface area contributed by atoms with Gasteiger partial charge in [-0.1, -0.05) is 31.2 Å². The summed E-state index contributed by atoms with van der Waals surface area (Å²) >= 11 is 1.46. The zero-order valence-corrected chi connectivity index (χ0v) is 13.6. The van der Waals surface area contributed by atoms with E-state index >= 15 is 0 Å². The van der Waals surface area contributed by atoms with Crippen molar-refractivity contribution in [2.45, 2.75) is 45.3 Å². The van der Waals surface area contributed by atoms with E-state index < -0.39 is 0 Å². The first kappa shape index (κ1) is 15.2. The van der Waals surface area contributed by atoms with E-state index in [0.29, 0.717) is 24.8 Å². The maximum atomic E-state index is 12.7. The topological polar surface area (TPSA) is 59.2 Å². The van der Waals surface area contributed by atoms with E-state index in [1.165, 1.54) is 22.5 Å². The van der Waals surface area contributed by atoms with Gasteiger partial charge in [-0.15, -0.1) is 11.3 Å². The molecule has 116 valence electrons. The molecule has 0 saturated heterocycles. The van der Waals surface area contributed by atoms with E-state index in [2.05, 4.69) is 36.2 Å². The van der Waals surface area contributed by atoms with E-state index in [1.54, 1.807) is 0 Å². The number of aromatic nitrogens is 1. The van der Waals surface area contributed by atoms with Crippen molar-refractivity contribution in [1.29, 1.82) is 0 Å². The van der Waals surface area contributed by atoms with Crippen molar-refractivity contribution >= 4 is 17.2 Å². The molecule has 0 atom stereocenters. The van der Waals surface area contributed by atoms with Crippen molar-refractivity contribution in [2.24, 2.45) is 5.73 Å². The highest BCUT2D eigenvalue weighted by Gasteiger charge is 2.33. The molecule has 1 heterocycles. The Morgan fingerprint density at radius 2 is 2.00 bits per heavy atom. The summed E-state index contributed by atoms with van der Waals surface area (Å²) in [7, 11) is 0. The second-order valence-corrected chi connectivity index (χ2v) is 6.61. The summed E-state index contributed by atoms with van der Waals surface area (Å²) in [5, 5.41) is 2.63. The molecule has 1 aliphatic rings. The molecule has 22 heavy (non-hydrogen) atoms. The lowest BCUT2D eigenvalue weighted by Crippen LogP contribution is -2.32. The Bertz CT molecular complexity index is 646. The monoisotopic (exact) mass is 315 g/mol. The van der Waals surface area contributed by atoms with Crippen LogP contribution in [0.5, 0.6) is 0 Å². The lowest BCUT2D eigenvalue weighted by atomic mass is 10.1. The van der Waals surface area contributed by atoms with Crippen LogP contribution in [0.3, 0.4) is 0 Å². The van der Waals surface area contributed by atoms with Gasteiger partial charge in [-0.2, -0.15) is 0 Å². The molecule has 1 fully saturated rings. The van der Waals surface area contributed by atoms with Gasteiger partial charge >= 0.3 is 0 Å². The van der Waals surface area contributed by atoms with Crippen molar-refractivity contribution in [3.63, 3.8) is 0 Å². The summed E-state index contributed by atoms with van der Waals surface area (Å²) < 4.78 is 0. The van der Waals surface area contributed by atoms with E-state index in [9.17, 15) is 4.79 Å². The molecule has 0 radical (unpaired) electrons. The number of carbonyl (C=O) groups excluding carboxylic acids is 1. The summed E-state index contributed by atoms with van der Waals surface area (Å²) in [5.74, 6) is 0.0259. The Morgan fingerprint density at radius 3 is 2.55 bits per heavy atom. The largest absolute Gasteiger partial charge is 0.330 e. The SMILES string of the molecule is CCc1ccc(CN(C(=O)c2csc(CN)n2)C2CC2)cc1. The first-order valence-corrected chi connectivity index (χ1v) is 8.62. The summed E-state index contributed by atoms with van der Waals surface area (Å²) in [6, 6.07) is 8.88. The highest BCUT2D eigenvalue weighted by molar-refractivity contribution is 7.09. The second kappa shape index (κ2) is 6.58. The van der Waals surface area contributed by atoms with Gasteiger partial charge in [0.25, 0.3) is 5.91 Å². The Kier molecular flexibility index (Phi) is 4.55. The maximum absolute atomic E-state index is 12.7. The maximum Gasteiger partial charge on any atom is 0.273 e. The molecule has 0 spiro atoms. The van der Waals surface area contributed by atoms with Gasteiger partial charge in [-0.3, -0.25) is 4.79 Å². The van der Waals surface area contributed by atoms with Gasteiger partial charge in [0, 0.05) is 24.5 Å². The van der Waals surface area contributed by atoms with E-state index in [1.807, 2.05) is 10.3 Å². The Balaban J connectivity index is 1.75. The Morgan fingerprint density at radius 1 is 1.32 bits per heavy atom. The van der Waals surface area contributed by atoms with Crippen LogP contribution >= 0.6 is 11.3 Å². The molecule has 1 aromatic heterocycles. The van der Waals surface area contributed by atoms with Gasteiger partial charge in [-0.25, -0.2) is 4.98 Å². The predicted molar refractivity (Wildman–Crippen MR) is 88.7 cm³/mol. The average molecular weight is 315 g/mol. The molecule has 1 aliphatic carbocycles. The average Bonchev–Trinajstić information content (AvgIpc) is 3.28. The van der Waals surface area contributed by atoms with Crippen molar-refractivity contribution in [3.05, 3.63) is 51.5 Å². The highest BCUT2D eigenvalue weighted by atomic mass is 32.1. The first-order chi connectivity index (χ1) is 10.7. The fourth-order valence-corrected chi connectivity index (χ4v) is 3.13. The van der Waals surface area contributed by atoms with Crippen molar-refractivity contribution in [1.82, 2.24) is 9.88 Å². The van der Waals surface area contributed by atoms with E-state index in [0.717, 1.165) is 24.3 Å². The van der Waals surface area contributed by atoms with Crippen molar-refractivity contribution < 1.29 is 4.79 Å². The Labute approximate surface area is 135 Å². The third-order valence-electron chi connectivity index (χ3n) is 3.98. The third kappa shape index (κ3) is 3.36. The molecule has 0 bridgehead atoms. The number of amides is 1. The summed E-state index contributed by atoms with van der Waals surface area (Å²) in [6.45, 7) is 3.19. The van der Waals surface area contributed by atoms with Crippen LogP contribution < -0.4 is 5.73 Å². The summed E-state index contributed by atoms with van der Waals surface area (Å²) in [5.41, 5.74) is 8.61. The molecule has 0 aliphatic heterocycles. The molecule has 2 aromatic rings. The van der Waals surface area contributed by atoms with Crippen LogP contribution in [-0.4, -0.2) is 21.8 Å². The van der Waals surface area contributed by atoms with Gasteiger partial charge in [-0.05, 0) is 30.4 Å². The highest BCUT2D eigenvalue weighted by Crippen LogP contribution is 2.30. The fourth-order valence-electron chi connectivity index (χ4n) is 2.48. The lowest BCUT2D eigenvalue weighted by molar-refractivity contribution is 0.0724. The molecule has 5 heteroatoms. The molecular formula is C17H21N3OS. The second-order valence-electron chi connectivity index (χ2n) is 5.66. The number of nitrogens with zero attached hydrogens (tertiary/aromatic N) is 2. The molecule has 1 amide bonds. The normalized spacial score (nSPS) is 14.1. The minimum absolute atomic E-state index is 0.0259. The number of rotatable bonds is 6. The van der Waals surface area contributed by atoms with Gasteiger partial charge in [0.2, 0.25) is 0 Å². The van der Waals surface area contributed by atoms with Crippen LogP contribution in [0.1, 0.15) is 46.4 Å². The number of benzene rings is 1. The molecular weight excluding hydrogens is 294 g/mol. The third-order valence-corrected chi connectivity index (χ3v) is 4.85. The molecule has 3 rings (SSSR count). The van der Waals surface area contributed by atoms with Crippen LogP contribution in [0.4, 0.5) is 0 Å². The van der Waals surface area contributed by atoms with Crippen LogP contribution in [0.2, 0.25) is 0 Å². The van der Waals surface area contributed by atoms with Crippen LogP contribution in [-0.2, 0) is 19.5 Å². The predicted octanol–water partition coefficient (Wildman–Crippen LogP) is 2.97. The minimum atomic E-state index is 0.0259. The van der Waals surface area contributed by atoms with Crippen LogP contribution in [0, 0.1) is 0 Å². The van der Waals surface area contributed by atoms with E-state index in [4.69, 9.17) is 5.73 Å². The summed E-state index contributed by atoms with van der Waals surface area (Å²) in [6.07, 6.45) is 3.21. The Hall–Kier alpha value is -1.72. The number of aryl methyl sites for hydroxylation is 1. The number of nitrogens with two attached hydrogens (primary N) is 1. The van der Waals surface area contributed by atoms with Crippen LogP contribution in [0.25, 0.3) is 0 Å². The summed E-state index contributed by atoms with van der Waals surface area (Å²) in [4.78, 5) is 19.0. The number of carbonyl (C=O) groups is 1. The molecule has 2 N–H and O–H groups in total. The number of thiazole rings is 1. The van der Waals surface area contributed by atoms with Gasteiger partial charge < -0.3 is 10.6 Å². The van der Waals surface area contributed by atoms with Crippen molar-refractivity contribution in [2.75, 3.05) is 0 Å². The molecule has 0 unspecified atom stereocenters. The van der Waals surface area contributed by atoms with Crippen molar-refractivity contribution in [3.8, 4) is 0 Å². The number of hydrogen-bond donors (Lipinski definition) is 1. The fraction of sp³-hybridized carbons (Fsp3) is 0.412. The van der Waals surface area contributed by atoms with Gasteiger partial charge in [0.05, 0.1) is 0 Å². The quantitative estimate of drug-likeness (QED) is 0.891. The lowest BCUT2D eigenvalue weighted by Gasteiger charge is -2.21. The molecule has 1 aromatic carbocycles. The standard InChI is InChI=1S/C17H21N3OS/c1-2-12-3-5-13(6-4-12)10-20(14-7-8-14)17(21)15-11-22-16(9-18)19-15/h3-6,11,14H,2,7-10,18H2,1H3. The van der Waals surface area contributed by atoms with Crippen LogP contribution in [0.15, 0.2) is 29.6 Å². The number of hydrogen-bond acceptors (Lipinski definition) is 4. The zero-order valence-electron chi connectivity index (χ0n) is 12.8.